The van der Waals surface area contributed by atoms with Crippen LogP contribution in [0.3, 0.4) is 0 Å². The quantitative estimate of drug-likeness (QED) is 0.699. The Labute approximate surface area is 185 Å². The maximum absolute atomic E-state index is 13.3. The largest absolute Gasteiger partial charge is 0.482 e. The summed E-state index contributed by atoms with van der Waals surface area (Å²) in [5.41, 5.74) is 4.39. The molecule has 0 spiro atoms. The average molecular weight is 433 g/mol. The molecule has 2 aromatic carbocycles. The fourth-order valence-electron chi connectivity index (χ4n) is 4.14. The summed E-state index contributed by atoms with van der Waals surface area (Å²) in [6, 6.07) is 14.4. The van der Waals surface area contributed by atoms with Crippen LogP contribution in [0.15, 0.2) is 65.4 Å². The predicted octanol–water partition coefficient (Wildman–Crippen LogP) is 3.37. The first-order chi connectivity index (χ1) is 15.5. The van der Waals surface area contributed by atoms with Crippen LogP contribution in [0.1, 0.15) is 41.3 Å². The number of rotatable bonds is 6. The molecule has 2 aromatic rings. The van der Waals surface area contributed by atoms with Gasteiger partial charge in [0.05, 0.1) is 25.0 Å². The van der Waals surface area contributed by atoms with Gasteiger partial charge in [-0.2, -0.15) is 0 Å². The maximum Gasteiger partial charge on any atom is 0.344 e. The van der Waals surface area contributed by atoms with Gasteiger partial charge in [-0.05, 0) is 31.5 Å². The molecule has 0 unspecified atom stereocenters. The lowest BCUT2D eigenvalue weighted by Crippen LogP contribution is -2.29. The van der Waals surface area contributed by atoms with Crippen molar-refractivity contribution in [2.75, 3.05) is 20.3 Å². The van der Waals surface area contributed by atoms with E-state index in [1.54, 1.807) is 44.2 Å². The highest BCUT2D eigenvalue weighted by Gasteiger charge is 2.42. The molecule has 7 heteroatoms. The molecule has 32 heavy (non-hydrogen) atoms. The van der Waals surface area contributed by atoms with Crippen LogP contribution in [0.2, 0.25) is 0 Å². The summed E-state index contributed by atoms with van der Waals surface area (Å²) in [7, 11) is 1.32. The number of fused-ring (bicyclic) bond motifs is 2. The predicted molar refractivity (Wildman–Crippen MR) is 117 cm³/mol. The van der Waals surface area contributed by atoms with E-state index in [-0.39, 0.29) is 19.0 Å². The van der Waals surface area contributed by atoms with Crippen molar-refractivity contribution in [3.8, 4) is 5.75 Å². The summed E-state index contributed by atoms with van der Waals surface area (Å²) in [4.78, 5) is 37.6. The monoisotopic (exact) mass is 433 g/mol. The summed E-state index contributed by atoms with van der Waals surface area (Å²) >= 11 is 0. The Morgan fingerprint density at radius 1 is 1.03 bits per heavy atom. The Morgan fingerprint density at radius 2 is 1.72 bits per heavy atom. The van der Waals surface area contributed by atoms with E-state index in [1.807, 2.05) is 18.2 Å². The number of benzene rings is 2. The number of hydrogen-bond acceptors (Lipinski definition) is 7. The Balaban J connectivity index is 1.72. The molecular weight excluding hydrogens is 410 g/mol. The van der Waals surface area contributed by atoms with Crippen molar-refractivity contribution in [3.05, 3.63) is 82.1 Å². The molecule has 0 aromatic heterocycles. The summed E-state index contributed by atoms with van der Waals surface area (Å²) in [5, 5.41) is 3.25. The average Bonchev–Trinajstić information content (AvgIpc) is 3.08. The molecule has 2 aliphatic rings. The highest BCUT2D eigenvalue weighted by atomic mass is 16.6. The lowest BCUT2D eigenvalue weighted by molar-refractivity contribution is -0.145. The number of ketones is 1. The van der Waals surface area contributed by atoms with E-state index >= 15 is 0 Å². The molecule has 4 rings (SSSR count). The number of allylic oxidation sites excluding steroid dienone is 2. The molecule has 0 amide bonds. The minimum atomic E-state index is -0.599. The van der Waals surface area contributed by atoms with E-state index in [1.165, 1.54) is 7.11 Å². The Bertz CT molecular complexity index is 1160. The van der Waals surface area contributed by atoms with Gasteiger partial charge < -0.3 is 19.5 Å². The van der Waals surface area contributed by atoms with Gasteiger partial charge in [0.15, 0.2) is 12.4 Å². The first kappa shape index (κ1) is 21.4. The van der Waals surface area contributed by atoms with Gasteiger partial charge in [0.2, 0.25) is 0 Å². The van der Waals surface area contributed by atoms with Crippen LogP contribution >= 0.6 is 0 Å². The van der Waals surface area contributed by atoms with Gasteiger partial charge in [0.25, 0.3) is 0 Å². The molecule has 0 bridgehead atoms. The van der Waals surface area contributed by atoms with Crippen molar-refractivity contribution in [3.63, 3.8) is 0 Å². The second-order valence-corrected chi connectivity index (χ2v) is 7.41. The van der Waals surface area contributed by atoms with Gasteiger partial charge in [-0.25, -0.2) is 9.59 Å². The molecule has 7 nitrogen and oxygen atoms in total. The molecule has 1 N–H and O–H groups in total. The second kappa shape index (κ2) is 8.70. The summed E-state index contributed by atoms with van der Waals surface area (Å²) in [6.45, 7) is 3.61. The van der Waals surface area contributed by atoms with Crippen molar-refractivity contribution in [1.29, 1.82) is 0 Å². The van der Waals surface area contributed by atoms with E-state index in [4.69, 9.17) is 14.2 Å². The Hall–Kier alpha value is -3.87. The lowest BCUT2D eigenvalue weighted by Gasteiger charge is -2.29. The third-order valence-corrected chi connectivity index (χ3v) is 5.53. The Kier molecular flexibility index (Phi) is 5.81. The smallest absolute Gasteiger partial charge is 0.344 e. The highest BCUT2D eigenvalue weighted by molar-refractivity contribution is 6.23. The standard InChI is InChI=1S/C25H23NO6/c1-4-31-19(27)13-32-16-11-9-15(10-12-16)21-20(25(29)30-3)14(2)26-23-17-7-5-6-8-18(17)24(28)22(21)23/h5-12,21,26H,4,13H2,1-3H3/t21-/m1/s1. The number of hydrogen-bond donors (Lipinski definition) is 1. The molecule has 0 fully saturated rings. The normalized spacial score (nSPS) is 16.8. The van der Waals surface area contributed by atoms with Gasteiger partial charge in [0, 0.05) is 28.3 Å². The van der Waals surface area contributed by atoms with Crippen LogP contribution < -0.4 is 10.1 Å². The summed E-state index contributed by atoms with van der Waals surface area (Å²) in [6.07, 6.45) is 0. The molecule has 1 aliphatic carbocycles. The molecule has 1 atom stereocenters. The van der Waals surface area contributed by atoms with Gasteiger partial charge in [-0.3, -0.25) is 4.79 Å². The van der Waals surface area contributed by atoms with Crippen molar-refractivity contribution in [1.82, 2.24) is 5.32 Å². The van der Waals surface area contributed by atoms with Crippen LogP contribution in [0.5, 0.6) is 5.75 Å². The maximum atomic E-state index is 13.3. The van der Waals surface area contributed by atoms with Crippen molar-refractivity contribution >= 4 is 23.4 Å². The van der Waals surface area contributed by atoms with Gasteiger partial charge in [-0.15, -0.1) is 0 Å². The van der Waals surface area contributed by atoms with Crippen LogP contribution in [-0.4, -0.2) is 38.0 Å². The van der Waals surface area contributed by atoms with Crippen LogP contribution in [0.25, 0.3) is 5.70 Å². The molecule has 1 heterocycles. The van der Waals surface area contributed by atoms with Crippen LogP contribution in [-0.2, 0) is 19.1 Å². The van der Waals surface area contributed by atoms with E-state index in [9.17, 15) is 14.4 Å². The number of carbonyl (C=O) groups excluding carboxylic acids is 3. The molecule has 0 saturated heterocycles. The minimum Gasteiger partial charge on any atom is -0.482 e. The lowest BCUT2D eigenvalue weighted by atomic mass is 9.80. The summed E-state index contributed by atoms with van der Waals surface area (Å²) < 4.78 is 15.4. The number of carbonyl (C=O) groups is 3. The van der Waals surface area contributed by atoms with Gasteiger partial charge in [0.1, 0.15) is 5.75 Å². The van der Waals surface area contributed by atoms with E-state index in [0.29, 0.717) is 33.9 Å². The number of Topliss-reactive ketones (excluding diaryl/α,β-unsaturated/α-hetero) is 1. The molecule has 1 aliphatic heterocycles. The van der Waals surface area contributed by atoms with Crippen LogP contribution in [0, 0.1) is 0 Å². The number of dihydropyridines is 1. The summed E-state index contributed by atoms with van der Waals surface area (Å²) in [5.74, 6) is -1.20. The third kappa shape index (κ3) is 3.66. The fourth-order valence-corrected chi connectivity index (χ4v) is 4.14. The topological polar surface area (TPSA) is 90.9 Å². The number of ether oxygens (including phenoxy) is 3. The van der Waals surface area contributed by atoms with Crippen molar-refractivity contribution in [2.45, 2.75) is 19.8 Å². The zero-order valence-corrected chi connectivity index (χ0v) is 18.1. The zero-order valence-electron chi connectivity index (χ0n) is 18.1. The zero-order chi connectivity index (χ0) is 22.8. The van der Waals surface area contributed by atoms with Crippen molar-refractivity contribution in [2.24, 2.45) is 0 Å². The van der Waals surface area contributed by atoms with Gasteiger partial charge in [-0.1, -0.05) is 36.4 Å². The molecule has 0 saturated carbocycles. The molecule has 0 radical (unpaired) electrons. The van der Waals surface area contributed by atoms with Crippen LogP contribution in [0.4, 0.5) is 0 Å². The molecule has 164 valence electrons. The number of esters is 2. The van der Waals surface area contributed by atoms with Crippen molar-refractivity contribution < 1.29 is 28.6 Å². The van der Waals surface area contributed by atoms with E-state index in [2.05, 4.69) is 5.32 Å². The number of nitrogens with one attached hydrogen (secondary N) is 1. The first-order valence-corrected chi connectivity index (χ1v) is 10.3. The van der Waals surface area contributed by atoms with E-state index in [0.717, 1.165) is 11.1 Å². The van der Waals surface area contributed by atoms with E-state index < -0.39 is 17.9 Å². The SMILES string of the molecule is CCOC(=O)COc1ccc([C@@H]2C(C(=O)OC)=C(C)NC3=C2C(=O)c2ccccc23)cc1. The number of methoxy groups -OCH3 is 1. The highest BCUT2D eigenvalue weighted by Crippen LogP contribution is 2.46. The van der Waals surface area contributed by atoms with Gasteiger partial charge >= 0.3 is 11.9 Å². The second-order valence-electron chi connectivity index (χ2n) is 7.41. The minimum absolute atomic E-state index is 0.121. The fraction of sp³-hybridized carbons (Fsp3) is 0.240. The third-order valence-electron chi connectivity index (χ3n) is 5.53. The first-order valence-electron chi connectivity index (χ1n) is 10.3. The Morgan fingerprint density at radius 3 is 2.38 bits per heavy atom. The molecular formula is C25H23NO6.